The number of rotatable bonds is 6. The lowest BCUT2D eigenvalue weighted by atomic mass is 9.73. The fourth-order valence-electron chi connectivity index (χ4n) is 4.15. The first-order valence-electron chi connectivity index (χ1n) is 10.0. The van der Waals surface area contributed by atoms with E-state index in [1.54, 1.807) is 7.11 Å². The number of ether oxygens (including phenoxy) is 2. The van der Waals surface area contributed by atoms with E-state index in [2.05, 4.69) is 16.0 Å². The van der Waals surface area contributed by atoms with Gasteiger partial charge in [-0.1, -0.05) is 24.3 Å². The first kappa shape index (κ1) is 19.5. The second kappa shape index (κ2) is 8.25. The van der Waals surface area contributed by atoms with E-state index in [4.69, 9.17) is 14.5 Å². The van der Waals surface area contributed by atoms with Crippen LogP contribution in [-0.4, -0.2) is 42.3 Å². The molecule has 1 fully saturated rings. The molecule has 1 aromatic heterocycles. The van der Waals surface area contributed by atoms with Crippen molar-refractivity contribution < 1.29 is 14.3 Å². The minimum Gasteiger partial charge on any atom is -0.497 e. The molecule has 1 aliphatic rings. The number of benzene rings is 2. The summed E-state index contributed by atoms with van der Waals surface area (Å²) in [6.07, 6.45) is 2.04. The maximum atomic E-state index is 13.3. The van der Waals surface area contributed by atoms with E-state index < -0.39 is 5.41 Å². The summed E-state index contributed by atoms with van der Waals surface area (Å²) in [5.74, 6) is 1.82. The third-order valence-corrected chi connectivity index (χ3v) is 5.94. The number of para-hydroxylation sites is 2. The SMILES string of the molecule is COc1ccc(C2(C(=O)NCCc3nc4ccccc4n3C)CCOCC2)cc1. The molecule has 0 atom stereocenters. The molecule has 29 heavy (non-hydrogen) atoms. The highest BCUT2D eigenvalue weighted by molar-refractivity contribution is 5.88. The molecule has 152 valence electrons. The fourth-order valence-corrected chi connectivity index (χ4v) is 4.15. The van der Waals surface area contributed by atoms with Crippen LogP contribution in [0.5, 0.6) is 5.75 Å². The Hall–Kier alpha value is -2.86. The Morgan fingerprint density at radius 3 is 2.59 bits per heavy atom. The van der Waals surface area contributed by atoms with E-state index in [0.717, 1.165) is 28.2 Å². The van der Waals surface area contributed by atoms with Crippen molar-refractivity contribution in [1.29, 1.82) is 0 Å². The molecule has 0 spiro atoms. The van der Waals surface area contributed by atoms with E-state index in [0.29, 0.717) is 39.0 Å². The molecule has 1 N–H and O–H groups in total. The first-order valence-corrected chi connectivity index (χ1v) is 10.0. The number of carbonyl (C=O) groups is 1. The number of aromatic nitrogens is 2. The highest BCUT2D eigenvalue weighted by Crippen LogP contribution is 2.36. The van der Waals surface area contributed by atoms with Crippen LogP contribution in [0.3, 0.4) is 0 Å². The maximum absolute atomic E-state index is 13.3. The number of hydrogen-bond acceptors (Lipinski definition) is 4. The van der Waals surface area contributed by atoms with Crippen LogP contribution in [0.1, 0.15) is 24.2 Å². The molecule has 0 unspecified atom stereocenters. The average Bonchev–Trinajstić information content (AvgIpc) is 3.10. The smallest absolute Gasteiger partial charge is 0.230 e. The molecule has 0 saturated carbocycles. The van der Waals surface area contributed by atoms with Crippen molar-refractivity contribution in [2.24, 2.45) is 7.05 Å². The van der Waals surface area contributed by atoms with Gasteiger partial charge in [-0.05, 0) is 42.7 Å². The van der Waals surface area contributed by atoms with Gasteiger partial charge < -0.3 is 19.4 Å². The lowest BCUT2D eigenvalue weighted by Crippen LogP contribution is -2.48. The van der Waals surface area contributed by atoms with Crippen LogP contribution in [-0.2, 0) is 28.4 Å². The monoisotopic (exact) mass is 393 g/mol. The molecule has 0 radical (unpaired) electrons. The largest absolute Gasteiger partial charge is 0.497 e. The van der Waals surface area contributed by atoms with E-state index in [9.17, 15) is 4.79 Å². The normalized spacial score (nSPS) is 15.9. The van der Waals surface area contributed by atoms with Crippen molar-refractivity contribution >= 4 is 16.9 Å². The van der Waals surface area contributed by atoms with Crippen molar-refractivity contribution in [3.05, 3.63) is 59.9 Å². The number of nitrogens with zero attached hydrogens (tertiary/aromatic N) is 2. The number of aryl methyl sites for hydroxylation is 1. The van der Waals surface area contributed by atoms with Crippen LogP contribution in [0.2, 0.25) is 0 Å². The van der Waals surface area contributed by atoms with Crippen molar-refractivity contribution in [3.8, 4) is 5.75 Å². The summed E-state index contributed by atoms with van der Waals surface area (Å²) in [4.78, 5) is 18.0. The first-order chi connectivity index (χ1) is 14.1. The number of methoxy groups -OCH3 is 1. The van der Waals surface area contributed by atoms with Gasteiger partial charge in [0, 0.05) is 33.2 Å². The topological polar surface area (TPSA) is 65.4 Å². The summed E-state index contributed by atoms with van der Waals surface area (Å²) in [6.45, 7) is 1.73. The van der Waals surface area contributed by atoms with Crippen molar-refractivity contribution in [2.75, 3.05) is 26.9 Å². The summed E-state index contributed by atoms with van der Waals surface area (Å²) < 4.78 is 12.9. The fraction of sp³-hybridized carbons (Fsp3) is 0.391. The Bertz CT molecular complexity index is 988. The number of hydrogen-bond donors (Lipinski definition) is 1. The average molecular weight is 393 g/mol. The number of nitrogens with one attached hydrogen (secondary N) is 1. The minimum absolute atomic E-state index is 0.0599. The Morgan fingerprint density at radius 1 is 1.17 bits per heavy atom. The van der Waals surface area contributed by atoms with Crippen LogP contribution in [0.25, 0.3) is 11.0 Å². The molecule has 4 rings (SSSR count). The van der Waals surface area contributed by atoms with Gasteiger partial charge in [0.25, 0.3) is 0 Å². The number of carbonyl (C=O) groups excluding carboxylic acids is 1. The Kier molecular flexibility index (Phi) is 5.53. The van der Waals surface area contributed by atoms with Gasteiger partial charge in [-0.3, -0.25) is 4.79 Å². The van der Waals surface area contributed by atoms with Crippen LogP contribution in [0, 0.1) is 0 Å². The van der Waals surface area contributed by atoms with Gasteiger partial charge in [0.2, 0.25) is 5.91 Å². The van der Waals surface area contributed by atoms with E-state index >= 15 is 0 Å². The van der Waals surface area contributed by atoms with Gasteiger partial charge in [-0.2, -0.15) is 0 Å². The lowest BCUT2D eigenvalue weighted by molar-refractivity contribution is -0.130. The summed E-state index contributed by atoms with van der Waals surface area (Å²) >= 11 is 0. The highest BCUT2D eigenvalue weighted by atomic mass is 16.5. The van der Waals surface area contributed by atoms with Crippen molar-refractivity contribution in [3.63, 3.8) is 0 Å². The van der Waals surface area contributed by atoms with Crippen molar-refractivity contribution in [1.82, 2.24) is 14.9 Å². The third kappa shape index (κ3) is 3.72. The summed E-state index contributed by atoms with van der Waals surface area (Å²) in [5, 5.41) is 3.16. The molecule has 0 bridgehead atoms. The summed E-state index contributed by atoms with van der Waals surface area (Å²) in [5.41, 5.74) is 2.54. The number of imidazole rings is 1. The molecular formula is C23H27N3O3. The van der Waals surface area contributed by atoms with Gasteiger partial charge in [0.05, 0.1) is 23.6 Å². The van der Waals surface area contributed by atoms with E-state index in [-0.39, 0.29) is 5.91 Å². The van der Waals surface area contributed by atoms with Crippen molar-refractivity contribution in [2.45, 2.75) is 24.7 Å². The molecular weight excluding hydrogens is 366 g/mol. The predicted molar refractivity (Wildman–Crippen MR) is 112 cm³/mol. The van der Waals surface area contributed by atoms with Gasteiger partial charge >= 0.3 is 0 Å². The Balaban J connectivity index is 1.48. The van der Waals surface area contributed by atoms with Crippen LogP contribution in [0.4, 0.5) is 0 Å². The zero-order valence-electron chi connectivity index (χ0n) is 17.0. The number of fused-ring (bicyclic) bond motifs is 1. The zero-order chi connectivity index (χ0) is 20.3. The molecule has 6 heteroatoms. The second-order valence-electron chi connectivity index (χ2n) is 7.50. The van der Waals surface area contributed by atoms with E-state index in [1.165, 1.54) is 0 Å². The summed E-state index contributed by atoms with van der Waals surface area (Å²) in [6, 6.07) is 15.9. The standard InChI is InChI=1S/C23H27N3O3/c1-26-20-6-4-3-5-19(20)25-21(26)11-14-24-22(27)23(12-15-29-16-13-23)17-7-9-18(28-2)10-8-17/h3-10H,11-16H2,1-2H3,(H,24,27). The highest BCUT2D eigenvalue weighted by Gasteiger charge is 2.41. The Labute approximate surface area is 170 Å². The van der Waals surface area contributed by atoms with E-state index in [1.807, 2.05) is 49.5 Å². The third-order valence-electron chi connectivity index (χ3n) is 5.94. The van der Waals surface area contributed by atoms with Crippen LogP contribution >= 0.6 is 0 Å². The predicted octanol–water partition coefficient (Wildman–Crippen LogP) is 2.99. The van der Waals surface area contributed by atoms with Gasteiger partial charge in [-0.15, -0.1) is 0 Å². The van der Waals surface area contributed by atoms with Crippen LogP contribution < -0.4 is 10.1 Å². The molecule has 2 aromatic carbocycles. The van der Waals surface area contributed by atoms with Gasteiger partial charge in [-0.25, -0.2) is 4.98 Å². The van der Waals surface area contributed by atoms with Gasteiger partial charge in [0.1, 0.15) is 11.6 Å². The minimum atomic E-state index is -0.559. The molecule has 1 saturated heterocycles. The zero-order valence-corrected chi connectivity index (χ0v) is 17.0. The quantitative estimate of drug-likeness (QED) is 0.699. The molecule has 2 heterocycles. The molecule has 3 aromatic rings. The van der Waals surface area contributed by atoms with Gasteiger partial charge in [0.15, 0.2) is 0 Å². The van der Waals surface area contributed by atoms with Crippen LogP contribution in [0.15, 0.2) is 48.5 Å². The maximum Gasteiger partial charge on any atom is 0.230 e. The summed E-state index contributed by atoms with van der Waals surface area (Å²) in [7, 11) is 3.66. The Morgan fingerprint density at radius 2 is 1.90 bits per heavy atom. The molecule has 0 aliphatic carbocycles. The lowest BCUT2D eigenvalue weighted by Gasteiger charge is -2.36. The molecule has 1 amide bonds. The second-order valence-corrected chi connectivity index (χ2v) is 7.50. The molecule has 6 nitrogen and oxygen atoms in total. The molecule has 1 aliphatic heterocycles. The number of amides is 1.